The number of fused-ring (bicyclic) bond motifs is 1. The van der Waals surface area contributed by atoms with Gasteiger partial charge in [-0.1, -0.05) is 12.1 Å². The zero-order valence-corrected chi connectivity index (χ0v) is 24.1. The van der Waals surface area contributed by atoms with Gasteiger partial charge in [-0.2, -0.15) is 0 Å². The number of imidazole rings is 1. The topological polar surface area (TPSA) is 145 Å². The number of hydrogen-bond donors (Lipinski definition) is 1. The van der Waals surface area contributed by atoms with Crippen molar-refractivity contribution in [3.8, 4) is 34.2 Å². The maximum atomic E-state index is 13.5. The van der Waals surface area contributed by atoms with Crippen LogP contribution in [-0.4, -0.2) is 67.7 Å². The molecule has 13 heteroatoms. The van der Waals surface area contributed by atoms with E-state index in [1.807, 2.05) is 27.7 Å². The molecule has 1 spiro atoms. The van der Waals surface area contributed by atoms with E-state index in [4.69, 9.17) is 20.4 Å². The number of aromatic nitrogens is 6. The third-order valence-corrected chi connectivity index (χ3v) is 8.57. The Hall–Kier alpha value is -5.56. The van der Waals surface area contributed by atoms with Gasteiger partial charge in [0, 0.05) is 50.0 Å². The van der Waals surface area contributed by atoms with Crippen molar-refractivity contribution in [3.63, 3.8) is 0 Å². The maximum absolute atomic E-state index is 13.5. The molecule has 2 saturated heterocycles. The SMILES string of the molecule is COc1c(N2CC3(CN(Cc4ccc(-n5c(-c6cccnc6N)nc6ncc(-c7ccc(F)cn7)nc65)cc4)C3)C2)c(=O)c1=O. The minimum atomic E-state index is -0.538. The first-order valence-corrected chi connectivity index (χ1v) is 14.3. The summed E-state index contributed by atoms with van der Waals surface area (Å²) in [5.41, 5.74) is 10.3. The molecule has 0 radical (unpaired) electrons. The second kappa shape index (κ2) is 9.99. The van der Waals surface area contributed by atoms with Crippen molar-refractivity contribution in [2.24, 2.45) is 5.41 Å². The monoisotopic (exact) mass is 603 g/mol. The van der Waals surface area contributed by atoms with Crippen LogP contribution >= 0.6 is 0 Å². The molecule has 0 bridgehead atoms. The molecule has 6 aromatic rings. The molecule has 2 N–H and O–H groups in total. The molecular formula is C32H26FN9O3. The zero-order chi connectivity index (χ0) is 30.9. The second-order valence-electron chi connectivity index (χ2n) is 11.7. The number of nitrogen functional groups attached to an aromatic ring is 1. The second-order valence-corrected chi connectivity index (χ2v) is 11.7. The first kappa shape index (κ1) is 27.0. The van der Waals surface area contributed by atoms with Gasteiger partial charge in [-0.25, -0.2) is 24.3 Å². The minimum Gasteiger partial charge on any atom is -0.491 e. The van der Waals surface area contributed by atoms with Gasteiger partial charge in [-0.15, -0.1) is 0 Å². The normalized spacial score (nSPS) is 15.8. The number of ether oxygens (including phenoxy) is 1. The van der Waals surface area contributed by atoms with Crippen LogP contribution in [0, 0.1) is 11.2 Å². The molecular weight excluding hydrogens is 577 g/mol. The van der Waals surface area contributed by atoms with Crippen LogP contribution in [0.5, 0.6) is 5.75 Å². The molecule has 2 aliphatic heterocycles. The summed E-state index contributed by atoms with van der Waals surface area (Å²) < 4.78 is 20.5. The molecule has 12 nitrogen and oxygen atoms in total. The van der Waals surface area contributed by atoms with Gasteiger partial charge in [0.05, 0.1) is 30.8 Å². The van der Waals surface area contributed by atoms with Crippen LogP contribution in [0.3, 0.4) is 0 Å². The van der Waals surface area contributed by atoms with E-state index in [9.17, 15) is 14.0 Å². The summed E-state index contributed by atoms with van der Waals surface area (Å²) in [5.74, 6) is 0.623. The lowest BCUT2D eigenvalue weighted by atomic mass is 9.72. The van der Waals surface area contributed by atoms with Crippen molar-refractivity contribution in [2.45, 2.75) is 6.54 Å². The predicted octanol–water partition coefficient (Wildman–Crippen LogP) is 2.59. The van der Waals surface area contributed by atoms with Crippen LogP contribution in [0.1, 0.15) is 5.56 Å². The van der Waals surface area contributed by atoms with Crippen LogP contribution in [0.25, 0.3) is 39.8 Å². The molecule has 6 heterocycles. The number of anilines is 2. The Labute approximate surface area is 255 Å². The van der Waals surface area contributed by atoms with E-state index in [1.165, 1.54) is 13.2 Å². The van der Waals surface area contributed by atoms with Crippen LogP contribution in [0.2, 0.25) is 0 Å². The Kier molecular flexibility index (Phi) is 6.00. The molecule has 0 aliphatic carbocycles. The number of hydrogen-bond acceptors (Lipinski definition) is 11. The lowest BCUT2D eigenvalue weighted by molar-refractivity contribution is -0.0276. The fraction of sp³-hybridized carbons (Fsp3) is 0.219. The highest BCUT2D eigenvalue weighted by Gasteiger charge is 2.53. The van der Waals surface area contributed by atoms with E-state index in [0.717, 1.165) is 50.2 Å². The summed E-state index contributed by atoms with van der Waals surface area (Å²) in [6, 6.07) is 14.7. The Morgan fingerprint density at radius 1 is 0.911 bits per heavy atom. The molecule has 0 atom stereocenters. The fourth-order valence-electron chi connectivity index (χ4n) is 6.51. The molecule has 0 amide bonds. The Balaban J connectivity index is 1.05. The standard InChI is InChI=1S/C32H26FN9O3/c1-45-27-24(25(43)26(27)44)41-16-32(17-41)14-40(15-32)13-18-4-7-20(8-5-18)42-30(21-3-2-10-35-28(21)34)39-29-31(42)38-23(12-37-29)22-9-6-19(33)11-36-22/h2-12H,13-17H2,1H3,(H2,34,35). The number of pyridine rings is 2. The fourth-order valence-corrected chi connectivity index (χ4v) is 6.51. The summed E-state index contributed by atoms with van der Waals surface area (Å²) in [4.78, 5) is 50.6. The number of rotatable bonds is 7. The van der Waals surface area contributed by atoms with Crippen LogP contribution in [0.4, 0.5) is 15.9 Å². The predicted molar refractivity (Wildman–Crippen MR) is 165 cm³/mol. The van der Waals surface area contributed by atoms with Crippen molar-refractivity contribution in [2.75, 3.05) is 43.9 Å². The van der Waals surface area contributed by atoms with Gasteiger partial charge in [0.1, 0.15) is 23.0 Å². The average molecular weight is 604 g/mol. The quantitative estimate of drug-likeness (QED) is 0.269. The third-order valence-electron chi connectivity index (χ3n) is 8.57. The largest absolute Gasteiger partial charge is 0.491 e. The smallest absolute Gasteiger partial charge is 0.272 e. The molecule has 4 aromatic heterocycles. The molecule has 45 heavy (non-hydrogen) atoms. The zero-order valence-electron chi connectivity index (χ0n) is 24.1. The van der Waals surface area contributed by atoms with Gasteiger partial charge in [-0.3, -0.25) is 24.0 Å². The summed E-state index contributed by atoms with van der Waals surface area (Å²) in [6.07, 6.45) is 4.34. The molecule has 2 fully saturated rings. The minimum absolute atomic E-state index is 0.134. The third kappa shape index (κ3) is 4.34. The number of nitrogens with two attached hydrogens (primary N) is 1. The van der Waals surface area contributed by atoms with Crippen molar-refractivity contribution in [1.82, 2.24) is 34.4 Å². The van der Waals surface area contributed by atoms with Gasteiger partial charge in [0.25, 0.3) is 10.9 Å². The molecule has 8 rings (SSSR count). The Bertz CT molecular complexity index is 2160. The number of halogens is 1. The Morgan fingerprint density at radius 3 is 2.42 bits per heavy atom. The molecule has 2 aliphatic rings. The van der Waals surface area contributed by atoms with Crippen molar-refractivity contribution in [3.05, 3.63) is 98.9 Å². The molecule has 2 aromatic carbocycles. The van der Waals surface area contributed by atoms with E-state index in [2.05, 4.69) is 32.0 Å². The van der Waals surface area contributed by atoms with Crippen molar-refractivity contribution in [1.29, 1.82) is 0 Å². The number of likely N-dealkylation sites (tertiary alicyclic amines) is 1. The van der Waals surface area contributed by atoms with Crippen LogP contribution in [-0.2, 0) is 6.54 Å². The lowest BCUT2D eigenvalue weighted by Crippen LogP contribution is -2.73. The highest BCUT2D eigenvalue weighted by atomic mass is 19.1. The van der Waals surface area contributed by atoms with Crippen molar-refractivity contribution < 1.29 is 9.13 Å². The van der Waals surface area contributed by atoms with E-state index < -0.39 is 16.7 Å². The van der Waals surface area contributed by atoms with Gasteiger partial charge in [-0.05, 0) is 42.0 Å². The number of methoxy groups -OCH3 is 1. The van der Waals surface area contributed by atoms with Crippen LogP contribution < -0.4 is 26.2 Å². The van der Waals surface area contributed by atoms with Gasteiger partial charge in [0.2, 0.25) is 0 Å². The number of benzene rings is 1. The van der Waals surface area contributed by atoms with Gasteiger partial charge >= 0.3 is 0 Å². The Morgan fingerprint density at radius 2 is 1.71 bits per heavy atom. The first-order valence-electron chi connectivity index (χ1n) is 14.3. The number of nitrogens with zero attached hydrogens (tertiary/aromatic N) is 8. The average Bonchev–Trinajstić information content (AvgIpc) is 3.39. The van der Waals surface area contributed by atoms with E-state index in [-0.39, 0.29) is 11.2 Å². The van der Waals surface area contributed by atoms with E-state index in [1.54, 1.807) is 24.5 Å². The maximum Gasteiger partial charge on any atom is 0.272 e. The highest BCUT2D eigenvalue weighted by Crippen LogP contribution is 2.43. The van der Waals surface area contributed by atoms with E-state index >= 15 is 0 Å². The highest BCUT2D eigenvalue weighted by molar-refractivity contribution is 5.81. The van der Waals surface area contributed by atoms with Gasteiger partial charge < -0.3 is 15.4 Å². The summed E-state index contributed by atoms with van der Waals surface area (Å²) in [7, 11) is 1.42. The molecule has 224 valence electrons. The lowest BCUT2D eigenvalue weighted by Gasteiger charge is -2.61. The molecule has 0 saturated carbocycles. The molecule has 0 unspecified atom stereocenters. The summed E-state index contributed by atoms with van der Waals surface area (Å²) >= 11 is 0. The van der Waals surface area contributed by atoms with E-state index in [0.29, 0.717) is 45.6 Å². The van der Waals surface area contributed by atoms with Gasteiger partial charge in [0.15, 0.2) is 22.9 Å². The van der Waals surface area contributed by atoms with Crippen molar-refractivity contribution >= 4 is 22.8 Å². The summed E-state index contributed by atoms with van der Waals surface area (Å²) in [5, 5.41) is 0. The van der Waals surface area contributed by atoms with Crippen LogP contribution in [0.15, 0.2) is 76.7 Å². The first-order chi connectivity index (χ1) is 21.8. The summed E-state index contributed by atoms with van der Waals surface area (Å²) in [6.45, 7) is 4.09.